The zero-order valence-corrected chi connectivity index (χ0v) is 37.0. The summed E-state index contributed by atoms with van der Waals surface area (Å²) >= 11 is 0. The van der Waals surface area contributed by atoms with Gasteiger partial charge in [0.15, 0.2) is 0 Å². The Morgan fingerprint density at radius 3 is 2.09 bits per heavy atom. The van der Waals surface area contributed by atoms with Gasteiger partial charge in [-0.15, -0.1) is 0 Å². The summed E-state index contributed by atoms with van der Waals surface area (Å²) < 4.78 is 23.2. The van der Waals surface area contributed by atoms with Gasteiger partial charge < -0.3 is 49.9 Å². The molecular weight excluding hydrogens is 732 g/mol. The van der Waals surface area contributed by atoms with E-state index in [1.807, 2.05) is 48.5 Å². The molecule has 0 aliphatic carbocycles. The van der Waals surface area contributed by atoms with E-state index in [1.54, 1.807) is 69.1 Å². The maximum absolute atomic E-state index is 14.6. The van der Waals surface area contributed by atoms with Crippen molar-refractivity contribution < 1.29 is 43.3 Å². The summed E-state index contributed by atoms with van der Waals surface area (Å²) in [4.78, 5) is 59.4. The number of carbonyl (C=O) groups is 4. The van der Waals surface area contributed by atoms with Gasteiger partial charge in [-0.25, -0.2) is 0 Å². The first-order valence-corrected chi connectivity index (χ1v) is 20.1. The van der Waals surface area contributed by atoms with E-state index in [9.17, 15) is 24.4 Å². The summed E-state index contributed by atoms with van der Waals surface area (Å²) in [7, 11) is 9.62. The lowest BCUT2D eigenvalue weighted by atomic mass is 9.82. The molecule has 324 valence electrons. The fraction of sp³-hybridized carbons (Fsp3) is 0.738. The first-order valence-electron chi connectivity index (χ1n) is 20.1. The molecule has 15 nitrogen and oxygen atoms in total. The van der Waals surface area contributed by atoms with E-state index < -0.39 is 47.8 Å². The van der Waals surface area contributed by atoms with Crippen molar-refractivity contribution in [2.45, 2.75) is 130 Å². The van der Waals surface area contributed by atoms with Crippen LogP contribution >= 0.6 is 0 Å². The molecule has 4 amide bonds. The molecule has 0 radical (unpaired) electrons. The van der Waals surface area contributed by atoms with E-state index in [4.69, 9.17) is 18.9 Å². The highest BCUT2D eigenvalue weighted by molar-refractivity contribution is 6.05. The van der Waals surface area contributed by atoms with E-state index in [1.165, 1.54) is 21.3 Å². The molecule has 15 heteroatoms. The topological polar surface area (TPSA) is 180 Å². The van der Waals surface area contributed by atoms with Crippen LogP contribution in [0, 0.1) is 23.7 Å². The van der Waals surface area contributed by atoms with Crippen LogP contribution in [0.1, 0.15) is 87.1 Å². The molecule has 1 unspecified atom stereocenters. The molecule has 0 saturated carbocycles. The summed E-state index contributed by atoms with van der Waals surface area (Å²) in [5.74, 6) is -1.57. The fourth-order valence-corrected chi connectivity index (χ4v) is 8.34. The van der Waals surface area contributed by atoms with Crippen molar-refractivity contribution >= 4 is 29.3 Å². The van der Waals surface area contributed by atoms with Crippen LogP contribution in [0.4, 0.5) is 0 Å². The van der Waals surface area contributed by atoms with Gasteiger partial charge in [0, 0.05) is 46.9 Å². The molecule has 4 N–H and O–H groups in total. The number of oxime groups is 1. The molecule has 1 aromatic rings. The number of amides is 4. The summed E-state index contributed by atoms with van der Waals surface area (Å²) in [6.07, 6.45) is -0.753. The fourth-order valence-electron chi connectivity index (χ4n) is 8.34. The summed E-state index contributed by atoms with van der Waals surface area (Å²) in [5, 5.41) is 22.4. The van der Waals surface area contributed by atoms with E-state index in [0.717, 1.165) is 0 Å². The molecule has 1 aromatic carbocycles. The van der Waals surface area contributed by atoms with Crippen LogP contribution in [0.5, 0.6) is 5.75 Å². The number of nitrogens with one attached hydrogen (secondary N) is 3. The monoisotopic (exact) mass is 805 g/mol. The molecular formula is C42H72N6O9. The Balaban J connectivity index is 2.41. The Morgan fingerprint density at radius 1 is 0.965 bits per heavy atom. The lowest BCUT2D eigenvalue weighted by molar-refractivity contribution is -0.152. The number of methoxy groups -OCH3 is 4. The van der Waals surface area contributed by atoms with Gasteiger partial charge in [-0.3, -0.25) is 19.2 Å². The standard InChI is InChI=1S/C42H72N6O9/c1-16-26(6)37(47(11)41(52)35(25(4)5)45-40(51)34(43-10)24(2)3)32(56-14)21-33(49)48-23-31(55-13)22-42(48,9)38(57-15)27(7)39(50)44-28(8)36(46-53)29-18-17-19-30(20-29)54-12/h17-20,24-28,31-32,34-35,37-38,43,53H,16,21-23H2,1-15H3,(H,44,50)(H,45,51)/b46-36-/t26?,27-,28-,31-,32-,34+,35+,37+,38-,42+/m1/s1. The van der Waals surface area contributed by atoms with Crippen LogP contribution in [0.15, 0.2) is 29.4 Å². The van der Waals surface area contributed by atoms with Crippen LogP contribution < -0.4 is 20.7 Å². The Morgan fingerprint density at radius 2 is 1.60 bits per heavy atom. The number of rotatable bonds is 22. The second kappa shape index (κ2) is 22.4. The van der Waals surface area contributed by atoms with Crippen LogP contribution in [0.2, 0.25) is 0 Å². The Hall–Kier alpha value is -3.79. The van der Waals surface area contributed by atoms with Crippen molar-refractivity contribution in [3.8, 4) is 5.75 Å². The Labute approximate surface area is 340 Å². The predicted molar refractivity (Wildman–Crippen MR) is 220 cm³/mol. The van der Waals surface area contributed by atoms with Crippen molar-refractivity contribution in [3.63, 3.8) is 0 Å². The van der Waals surface area contributed by atoms with E-state index >= 15 is 0 Å². The van der Waals surface area contributed by atoms with Gasteiger partial charge in [-0.1, -0.05) is 72.2 Å². The highest BCUT2D eigenvalue weighted by atomic mass is 16.5. The summed E-state index contributed by atoms with van der Waals surface area (Å²) in [5.41, 5.74) is -0.153. The van der Waals surface area contributed by atoms with Gasteiger partial charge in [0.25, 0.3) is 0 Å². The van der Waals surface area contributed by atoms with Crippen molar-refractivity contribution in [3.05, 3.63) is 29.8 Å². The smallest absolute Gasteiger partial charge is 0.245 e. The number of benzene rings is 1. The molecule has 2 rings (SSSR count). The van der Waals surface area contributed by atoms with Crippen LogP contribution in [-0.4, -0.2) is 141 Å². The van der Waals surface area contributed by atoms with Crippen molar-refractivity contribution in [1.82, 2.24) is 25.8 Å². The molecule has 1 fully saturated rings. The van der Waals surface area contributed by atoms with Gasteiger partial charge in [-0.05, 0) is 50.8 Å². The highest BCUT2D eigenvalue weighted by Crippen LogP contribution is 2.39. The average molecular weight is 805 g/mol. The maximum Gasteiger partial charge on any atom is 0.245 e. The molecule has 57 heavy (non-hydrogen) atoms. The zero-order valence-electron chi connectivity index (χ0n) is 37.0. The molecule has 10 atom stereocenters. The quantitative estimate of drug-likeness (QED) is 0.0768. The second-order valence-corrected chi connectivity index (χ2v) is 16.4. The van der Waals surface area contributed by atoms with Gasteiger partial charge in [0.05, 0.1) is 61.4 Å². The normalized spacial score (nSPS) is 21.6. The number of ether oxygens (including phenoxy) is 4. The third-order valence-electron chi connectivity index (χ3n) is 11.8. The minimum Gasteiger partial charge on any atom is -0.497 e. The zero-order chi connectivity index (χ0) is 43.4. The number of hydrogen-bond donors (Lipinski definition) is 4. The highest BCUT2D eigenvalue weighted by Gasteiger charge is 2.53. The maximum atomic E-state index is 14.6. The molecule has 0 spiro atoms. The van der Waals surface area contributed by atoms with Gasteiger partial charge >= 0.3 is 0 Å². The van der Waals surface area contributed by atoms with Gasteiger partial charge in [0.1, 0.15) is 17.5 Å². The number of carbonyl (C=O) groups excluding carboxylic acids is 4. The molecule has 1 aliphatic rings. The minimum atomic E-state index is -0.980. The first-order chi connectivity index (χ1) is 26.8. The summed E-state index contributed by atoms with van der Waals surface area (Å²) in [6.45, 7) is 17.3. The Kier molecular flexibility index (Phi) is 19.4. The van der Waals surface area contributed by atoms with E-state index in [-0.39, 0.29) is 66.2 Å². The van der Waals surface area contributed by atoms with Gasteiger partial charge in [-0.2, -0.15) is 0 Å². The lowest BCUT2D eigenvalue weighted by Gasteiger charge is -2.44. The second-order valence-electron chi connectivity index (χ2n) is 16.4. The third-order valence-corrected chi connectivity index (χ3v) is 11.8. The first kappa shape index (κ1) is 49.4. The van der Waals surface area contributed by atoms with E-state index in [0.29, 0.717) is 24.2 Å². The molecule has 0 aromatic heterocycles. The van der Waals surface area contributed by atoms with Crippen molar-refractivity contribution in [2.24, 2.45) is 28.8 Å². The molecule has 1 aliphatic heterocycles. The van der Waals surface area contributed by atoms with Crippen molar-refractivity contribution in [2.75, 3.05) is 49.1 Å². The van der Waals surface area contributed by atoms with Gasteiger partial charge in [0.2, 0.25) is 23.6 Å². The number of nitrogens with zero attached hydrogens (tertiary/aromatic N) is 3. The summed E-state index contributed by atoms with van der Waals surface area (Å²) in [6, 6.07) is 4.55. The predicted octanol–water partition coefficient (Wildman–Crippen LogP) is 3.70. The SMILES string of the molecule is CCC(C)[C@@H]([C@@H](CC(=O)N1C[C@H](OC)C[C@@]1(C)[C@H](OC)[C@@H](C)C(=O)N[C@H](C)/C(=N/O)c1cccc(OC)c1)OC)N(C)C(=O)[C@@H](NC(=O)[C@@H](NC)C(C)C)C(C)C. The Bertz CT molecular complexity index is 1510. The van der Waals surface area contributed by atoms with Crippen LogP contribution in [0.25, 0.3) is 0 Å². The largest absolute Gasteiger partial charge is 0.497 e. The minimum absolute atomic E-state index is 0.0123. The van der Waals surface area contributed by atoms with Crippen molar-refractivity contribution in [1.29, 1.82) is 0 Å². The molecule has 1 heterocycles. The molecule has 0 bridgehead atoms. The number of likely N-dealkylation sites (tertiary alicyclic amines) is 1. The number of hydrogen-bond acceptors (Lipinski definition) is 11. The average Bonchev–Trinajstić information content (AvgIpc) is 3.53. The molecule has 1 saturated heterocycles. The van der Waals surface area contributed by atoms with Crippen LogP contribution in [0.3, 0.4) is 0 Å². The third kappa shape index (κ3) is 11.9. The number of likely N-dealkylation sites (N-methyl/N-ethyl adjacent to an activating group) is 2. The van der Waals surface area contributed by atoms with E-state index in [2.05, 4.69) is 21.1 Å². The lowest BCUT2D eigenvalue weighted by Crippen LogP contribution is -2.61. The van der Waals surface area contributed by atoms with Crippen LogP contribution in [-0.2, 0) is 33.4 Å².